The van der Waals surface area contributed by atoms with Gasteiger partial charge in [-0.05, 0) is 60.5 Å². The summed E-state index contributed by atoms with van der Waals surface area (Å²) in [6.07, 6.45) is 1.73. The van der Waals surface area contributed by atoms with Gasteiger partial charge in [0.2, 0.25) is 11.8 Å². The summed E-state index contributed by atoms with van der Waals surface area (Å²) in [7, 11) is 0. The van der Waals surface area contributed by atoms with E-state index >= 15 is 0 Å². The van der Waals surface area contributed by atoms with E-state index in [1.165, 1.54) is 0 Å². The molecule has 1 heterocycles. The van der Waals surface area contributed by atoms with Crippen LogP contribution in [-0.2, 0) is 22.6 Å². The zero-order valence-electron chi connectivity index (χ0n) is 24.4. The summed E-state index contributed by atoms with van der Waals surface area (Å²) in [5.74, 6) is -0.432. The summed E-state index contributed by atoms with van der Waals surface area (Å²) in [5.41, 5.74) is 3.28. The first-order valence-electron chi connectivity index (χ1n) is 14.7. The van der Waals surface area contributed by atoms with Crippen molar-refractivity contribution in [2.75, 3.05) is 11.4 Å². The van der Waals surface area contributed by atoms with Gasteiger partial charge in [-0.3, -0.25) is 14.4 Å². The lowest BCUT2D eigenvalue weighted by Gasteiger charge is -2.32. The third-order valence-electron chi connectivity index (χ3n) is 8.03. The molecule has 0 aliphatic carbocycles. The van der Waals surface area contributed by atoms with E-state index in [9.17, 15) is 14.4 Å². The van der Waals surface area contributed by atoms with Gasteiger partial charge in [-0.25, -0.2) is 0 Å². The van der Waals surface area contributed by atoms with Crippen LogP contribution in [0.5, 0.6) is 0 Å². The molecule has 0 saturated carbocycles. The van der Waals surface area contributed by atoms with Gasteiger partial charge >= 0.3 is 0 Å². The maximum atomic E-state index is 14.0. The molecule has 1 aliphatic heterocycles. The van der Waals surface area contributed by atoms with Crippen molar-refractivity contribution < 1.29 is 14.4 Å². The molecule has 0 saturated heterocycles. The topological polar surface area (TPSA) is 69.7 Å². The van der Waals surface area contributed by atoms with Gasteiger partial charge in [0, 0.05) is 42.9 Å². The van der Waals surface area contributed by atoms with Crippen molar-refractivity contribution in [1.29, 1.82) is 0 Å². The van der Waals surface area contributed by atoms with E-state index in [2.05, 4.69) is 5.32 Å². The summed E-state index contributed by atoms with van der Waals surface area (Å²) >= 11 is 12.5. The first-order valence-corrected chi connectivity index (χ1v) is 15.4. The molecular weight excluding hydrogens is 581 g/mol. The Labute approximate surface area is 262 Å². The van der Waals surface area contributed by atoms with Crippen LogP contribution >= 0.6 is 23.2 Å². The molecule has 8 heteroatoms. The van der Waals surface area contributed by atoms with Crippen molar-refractivity contribution in [2.24, 2.45) is 0 Å². The number of anilines is 1. The maximum Gasteiger partial charge on any atom is 0.258 e. The Morgan fingerprint density at radius 3 is 2.37 bits per heavy atom. The minimum Gasteiger partial charge on any atom is -0.352 e. The molecular formula is C35H35Cl2N3O3. The summed E-state index contributed by atoms with van der Waals surface area (Å²) in [5, 5.41) is 5.86. The molecule has 1 aliphatic rings. The molecule has 2 atom stereocenters. The van der Waals surface area contributed by atoms with Gasteiger partial charge in [0.25, 0.3) is 5.91 Å². The number of hydrogen-bond donors (Lipinski definition) is 1. The molecule has 0 radical (unpaired) electrons. The standard InChI is InChI=1S/C35H35Cl2N3O3/c1-3-23(2)38-34(42)31(21-24-10-5-4-6-11-24)40(22-25-17-18-28(36)29(37)20-25)32(41)16-9-19-39-30-15-8-13-26-12-7-14-27(33(26)30)35(39)43/h4-8,10-15,17-18,20,23,31H,3,9,16,19,21-22H2,1-2H3,(H,38,42). The van der Waals surface area contributed by atoms with Gasteiger partial charge in [-0.1, -0.05) is 90.8 Å². The Hall–Kier alpha value is -3.87. The first-order chi connectivity index (χ1) is 20.8. The molecule has 222 valence electrons. The monoisotopic (exact) mass is 615 g/mol. The largest absolute Gasteiger partial charge is 0.352 e. The number of hydrogen-bond acceptors (Lipinski definition) is 3. The van der Waals surface area contributed by atoms with E-state index in [1.54, 1.807) is 21.9 Å². The van der Waals surface area contributed by atoms with E-state index in [4.69, 9.17) is 23.2 Å². The molecule has 6 nitrogen and oxygen atoms in total. The first kappa shape index (κ1) is 30.6. The van der Waals surface area contributed by atoms with Crippen molar-refractivity contribution in [3.63, 3.8) is 0 Å². The van der Waals surface area contributed by atoms with Crippen LogP contribution in [0.15, 0.2) is 84.9 Å². The summed E-state index contributed by atoms with van der Waals surface area (Å²) in [4.78, 5) is 44.4. The van der Waals surface area contributed by atoms with Crippen LogP contribution in [0.4, 0.5) is 5.69 Å². The minimum atomic E-state index is -0.746. The fraction of sp³-hybridized carbons (Fsp3) is 0.286. The van der Waals surface area contributed by atoms with Crippen molar-refractivity contribution in [2.45, 2.75) is 58.2 Å². The van der Waals surface area contributed by atoms with Gasteiger partial charge in [0.15, 0.2) is 0 Å². The number of nitrogens with zero attached hydrogens (tertiary/aromatic N) is 2. The van der Waals surface area contributed by atoms with Crippen LogP contribution in [0.1, 0.15) is 54.6 Å². The van der Waals surface area contributed by atoms with Crippen LogP contribution < -0.4 is 10.2 Å². The molecule has 43 heavy (non-hydrogen) atoms. The van der Waals surface area contributed by atoms with E-state index in [0.717, 1.165) is 34.0 Å². The Kier molecular flexibility index (Phi) is 9.69. The maximum absolute atomic E-state index is 14.0. The van der Waals surface area contributed by atoms with E-state index in [0.29, 0.717) is 35.0 Å². The normalized spacial score (nSPS) is 13.7. The Bertz CT molecular complexity index is 1640. The zero-order valence-corrected chi connectivity index (χ0v) is 25.9. The fourth-order valence-electron chi connectivity index (χ4n) is 5.56. The van der Waals surface area contributed by atoms with Crippen LogP contribution in [0.3, 0.4) is 0 Å². The van der Waals surface area contributed by atoms with Gasteiger partial charge in [0.1, 0.15) is 6.04 Å². The zero-order chi connectivity index (χ0) is 30.5. The SMILES string of the molecule is CCC(C)NC(=O)C(Cc1ccccc1)N(Cc1ccc(Cl)c(Cl)c1)C(=O)CCCN1C(=O)c2cccc3cccc1c23. The quantitative estimate of drug-likeness (QED) is 0.180. The Morgan fingerprint density at radius 2 is 1.65 bits per heavy atom. The molecule has 0 aromatic heterocycles. The number of carbonyl (C=O) groups excluding carboxylic acids is 3. The Morgan fingerprint density at radius 1 is 0.907 bits per heavy atom. The van der Waals surface area contributed by atoms with Gasteiger partial charge in [-0.2, -0.15) is 0 Å². The number of benzene rings is 4. The van der Waals surface area contributed by atoms with Crippen LogP contribution in [0, 0.1) is 0 Å². The average molecular weight is 617 g/mol. The summed E-state index contributed by atoms with van der Waals surface area (Å²) in [6.45, 7) is 4.54. The molecule has 0 fully saturated rings. The Balaban J connectivity index is 1.39. The molecule has 0 spiro atoms. The van der Waals surface area contributed by atoms with E-state index < -0.39 is 6.04 Å². The van der Waals surface area contributed by atoms with Crippen molar-refractivity contribution >= 4 is 57.4 Å². The number of halogens is 2. The van der Waals surface area contributed by atoms with E-state index in [1.807, 2.05) is 86.6 Å². The molecule has 4 aromatic carbocycles. The molecule has 2 unspecified atom stereocenters. The average Bonchev–Trinajstić information content (AvgIpc) is 3.29. The predicted molar refractivity (Wildman–Crippen MR) is 174 cm³/mol. The predicted octanol–water partition coefficient (Wildman–Crippen LogP) is 7.44. The number of rotatable bonds is 12. The molecule has 5 rings (SSSR count). The minimum absolute atomic E-state index is 0.0433. The smallest absolute Gasteiger partial charge is 0.258 e. The van der Waals surface area contributed by atoms with Crippen LogP contribution in [0.2, 0.25) is 10.0 Å². The molecule has 0 bridgehead atoms. The van der Waals surface area contributed by atoms with Crippen molar-refractivity contribution in [3.8, 4) is 0 Å². The van der Waals surface area contributed by atoms with Gasteiger partial charge in [0.05, 0.1) is 15.7 Å². The lowest BCUT2D eigenvalue weighted by molar-refractivity contribution is -0.141. The highest BCUT2D eigenvalue weighted by Crippen LogP contribution is 2.37. The highest BCUT2D eigenvalue weighted by Gasteiger charge is 2.32. The fourth-order valence-corrected chi connectivity index (χ4v) is 5.88. The lowest BCUT2D eigenvalue weighted by Crippen LogP contribution is -2.52. The van der Waals surface area contributed by atoms with Crippen molar-refractivity contribution in [1.82, 2.24) is 10.2 Å². The number of amides is 3. The highest BCUT2D eigenvalue weighted by atomic mass is 35.5. The van der Waals surface area contributed by atoms with Crippen LogP contribution in [-0.4, -0.2) is 41.2 Å². The second-order valence-electron chi connectivity index (χ2n) is 11.0. The number of nitrogens with one attached hydrogen (secondary N) is 1. The molecule has 3 amide bonds. The number of carbonyl (C=O) groups is 3. The third kappa shape index (κ3) is 6.87. The molecule has 4 aromatic rings. The molecule has 1 N–H and O–H groups in total. The lowest BCUT2D eigenvalue weighted by atomic mass is 10.0. The summed E-state index contributed by atoms with van der Waals surface area (Å²) in [6, 6.07) is 25.8. The van der Waals surface area contributed by atoms with Gasteiger partial charge in [-0.15, -0.1) is 0 Å². The van der Waals surface area contributed by atoms with Gasteiger partial charge < -0.3 is 15.1 Å². The van der Waals surface area contributed by atoms with Crippen molar-refractivity contribution in [3.05, 3.63) is 112 Å². The third-order valence-corrected chi connectivity index (χ3v) is 8.77. The highest BCUT2D eigenvalue weighted by molar-refractivity contribution is 6.42. The second-order valence-corrected chi connectivity index (χ2v) is 11.8. The van der Waals surface area contributed by atoms with E-state index in [-0.39, 0.29) is 36.7 Å². The summed E-state index contributed by atoms with van der Waals surface area (Å²) < 4.78 is 0. The second kappa shape index (κ2) is 13.6. The van der Waals surface area contributed by atoms with Crippen LogP contribution in [0.25, 0.3) is 10.8 Å².